The van der Waals surface area contributed by atoms with Crippen molar-refractivity contribution in [2.24, 2.45) is 0 Å². The molecule has 2 N–H and O–H groups in total. The SMILES string of the molecule is COC(=O)C(C)S(=O)(=O)NCCSCCCO. The second-order valence-corrected chi connectivity index (χ2v) is 6.60. The summed E-state index contributed by atoms with van der Waals surface area (Å²) in [7, 11) is -2.50. The second kappa shape index (κ2) is 8.73. The maximum atomic E-state index is 11.6. The zero-order chi connectivity index (χ0) is 13.3. The Labute approximate surface area is 106 Å². The van der Waals surface area contributed by atoms with E-state index in [4.69, 9.17) is 5.11 Å². The van der Waals surface area contributed by atoms with Gasteiger partial charge in [0.1, 0.15) is 0 Å². The fraction of sp³-hybridized carbons (Fsp3) is 0.889. The fourth-order valence-corrected chi connectivity index (χ4v) is 2.84. The first-order chi connectivity index (χ1) is 7.95. The number of hydrogen-bond acceptors (Lipinski definition) is 6. The summed E-state index contributed by atoms with van der Waals surface area (Å²) < 4.78 is 29.8. The van der Waals surface area contributed by atoms with Crippen LogP contribution in [0.5, 0.6) is 0 Å². The zero-order valence-electron chi connectivity index (χ0n) is 10.0. The first-order valence-electron chi connectivity index (χ1n) is 5.20. The normalized spacial score (nSPS) is 13.4. The molecule has 0 radical (unpaired) electrons. The maximum Gasteiger partial charge on any atom is 0.325 e. The quantitative estimate of drug-likeness (QED) is 0.442. The van der Waals surface area contributed by atoms with Gasteiger partial charge in [0, 0.05) is 18.9 Å². The maximum absolute atomic E-state index is 11.6. The molecule has 0 aliphatic carbocycles. The van der Waals surface area contributed by atoms with Crippen molar-refractivity contribution in [3.05, 3.63) is 0 Å². The standard InChI is InChI=1S/C9H19NO5S2/c1-8(9(12)15-2)17(13,14)10-4-7-16-6-3-5-11/h8,10-11H,3-7H2,1-2H3. The predicted octanol–water partition coefficient (Wildman–Crippen LogP) is -0.417. The number of methoxy groups -OCH3 is 1. The summed E-state index contributed by atoms with van der Waals surface area (Å²) >= 11 is 1.54. The topological polar surface area (TPSA) is 92.7 Å². The van der Waals surface area contributed by atoms with E-state index in [1.165, 1.54) is 6.92 Å². The van der Waals surface area contributed by atoms with E-state index in [-0.39, 0.29) is 13.2 Å². The van der Waals surface area contributed by atoms with Gasteiger partial charge in [-0.2, -0.15) is 11.8 Å². The molecule has 8 heteroatoms. The molecule has 1 atom stereocenters. The Morgan fingerprint density at radius 3 is 2.65 bits per heavy atom. The van der Waals surface area contributed by atoms with Gasteiger partial charge in [-0.05, 0) is 19.1 Å². The highest BCUT2D eigenvalue weighted by molar-refractivity contribution is 7.99. The molecular weight excluding hydrogens is 266 g/mol. The molecule has 0 aromatic heterocycles. The second-order valence-electron chi connectivity index (χ2n) is 3.29. The van der Waals surface area contributed by atoms with Gasteiger partial charge in [0.2, 0.25) is 10.0 Å². The molecule has 0 heterocycles. The van der Waals surface area contributed by atoms with Crippen LogP contribution in [0.15, 0.2) is 0 Å². The van der Waals surface area contributed by atoms with Gasteiger partial charge in [0.15, 0.2) is 5.25 Å². The van der Waals surface area contributed by atoms with Gasteiger partial charge in [-0.1, -0.05) is 0 Å². The number of sulfonamides is 1. The smallest absolute Gasteiger partial charge is 0.325 e. The number of aliphatic hydroxyl groups is 1. The first-order valence-corrected chi connectivity index (χ1v) is 7.90. The van der Waals surface area contributed by atoms with Crippen LogP contribution in [0.4, 0.5) is 0 Å². The van der Waals surface area contributed by atoms with E-state index in [1.54, 1.807) is 11.8 Å². The highest BCUT2D eigenvalue weighted by Crippen LogP contribution is 2.03. The Kier molecular flexibility index (Phi) is 8.57. The molecule has 17 heavy (non-hydrogen) atoms. The molecule has 0 saturated heterocycles. The third kappa shape index (κ3) is 6.87. The molecule has 0 spiro atoms. The summed E-state index contributed by atoms with van der Waals surface area (Å²) in [6.07, 6.45) is 0.690. The van der Waals surface area contributed by atoms with Gasteiger partial charge in [-0.25, -0.2) is 13.1 Å². The molecule has 0 saturated carbocycles. The number of aliphatic hydroxyl groups excluding tert-OH is 1. The lowest BCUT2D eigenvalue weighted by Crippen LogP contribution is -2.39. The first kappa shape index (κ1) is 16.7. The summed E-state index contributed by atoms with van der Waals surface area (Å²) in [5.41, 5.74) is 0. The molecule has 0 aromatic carbocycles. The van der Waals surface area contributed by atoms with E-state index in [2.05, 4.69) is 9.46 Å². The number of esters is 1. The Bertz CT molecular complexity index is 317. The molecule has 1 unspecified atom stereocenters. The van der Waals surface area contributed by atoms with E-state index < -0.39 is 21.2 Å². The van der Waals surface area contributed by atoms with Crippen LogP contribution in [0.3, 0.4) is 0 Å². The summed E-state index contributed by atoms with van der Waals surface area (Å²) in [4.78, 5) is 11.1. The lowest BCUT2D eigenvalue weighted by Gasteiger charge is -2.11. The van der Waals surface area contributed by atoms with Gasteiger partial charge in [0.25, 0.3) is 0 Å². The minimum absolute atomic E-state index is 0.137. The lowest BCUT2D eigenvalue weighted by atomic mass is 10.5. The molecule has 0 amide bonds. The van der Waals surface area contributed by atoms with Crippen molar-refractivity contribution in [1.29, 1.82) is 0 Å². The summed E-state index contributed by atoms with van der Waals surface area (Å²) in [5.74, 6) is 0.614. The molecule has 0 rings (SSSR count). The lowest BCUT2D eigenvalue weighted by molar-refractivity contribution is -0.139. The molecule has 0 aliphatic rings. The summed E-state index contributed by atoms with van der Waals surface area (Å²) in [6, 6.07) is 0. The minimum Gasteiger partial charge on any atom is -0.468 e. The third-order valence-electron chi connectivity index (χ3n) is 1.99. The van der Waals surface area contributed by atoms with Crippen LogP contribution in [-0.4, -0.2) is 56.5 Å². The van der Waals surface area contributed by atoms with Crippen molar-refractivity contribution in [1.82, 2.24) is 4.72 Å². The van der Waals surface area contributed by atoms with E-state index >= 15 is 0 Å². The highest BCUT2D eigenvalue weighted by Gasteiger charge is 2.27. The fourth-order valence-electron chi connectivity index (χ4n) is 0.942. The number of thioether (sulfide) groups is 1. The molecule has 102 valence electrons. The molecular formula is C9H19NO5S2. The highest BCUT2D eigenvalue weighted by atomic mass is 32.2. The van der Waals surface area contributed by atoms with Crippen LogP contribution in [0, 0.1) is 0 Å². The zero-order valence-corrected chi connectivity index (χ0v) is 11.6. The average Bonchev–Trinajstić information content (AvgIpc) is 2.31. The van der Waals surface area contributed by atoms with E-state index in [0.29, 0.717) is 12.2 Å². The number of rotatable bonds is 9. The molecule has 0 aromatic rings. The Morgan fingerprint density at radius 2 is 2.12 bits per heavy atom. The monoisotopic (exact) mass is 285 g/mol. The van der Waals surface area contributed by atoms with Gasteiger partial charge in [-0.3, -0.25) is 4.79 Å². The van der Waals surface area contributed by atoms with E-state index in [9.17, 15) is 13.2 Å². The summed E-state index contributed by atoms with van der Waals surface area (Å²) in [5, 5.41) is 7.34. The van der Waals surface area contributed by atoms with Crippen molar-refractivity contribution in [2.45, 2.75) is 18.6 Å². The number of carbonyl (C=O) groups is 1. The summed E-state index contributed by atoms with van der Waals surface area (Å²) in [6.45, 7) is 1.69. The van der Waals surface area contributed by atoms with Crippen molar-refractivity contribution in [3.63, 3.8) is 0 Å². The van der Waals surface area contributed by atoms with Crippen molar-refractivity contribution in [3.8, 4) is 0 Å². The van der Waals surface area contributed by atoms with Crippen LogP contribution in [0.2, 0.25) is 0 Å². The molecule has 0 aliphatic heterocycles. The average molecular weight is 285 g/mol. The van der Waals surface area contributed by atoms with Crippen molar-refractivity contribution >= 4 is 27.8 Å². The van der Waals surface area contributed by atoms with E-state index in [0.717, 1.165) is 12.9 Å². The Hall–Kier alpha value is -0.310. The minimum atomic E-state index is -3.65. The number of hydrogen-bond donors (Lipinski definition) is 2. The largest absolute Gasteiger partial charge is 0.468 e. The third-order valence-corrected chi connectivity index (χ3v) is 4.79. The molecule has 6 nitrogen and oxygen atoms in total. The van der Waals surface area contributed by atoms with Gasteiger partial charge >= 0.3 is 5.97 Å². The van der Waals surface area contributed by atoms with Gasteiger partial charge < -0.3 is 9.84 Å². The van der Waals surface area contributed by atoms with Crippen LogP contribution in [0.25, 0.3) is 0 Å². The number of nitrogens with one attached hydrogen (secondary N) is 1. The van der Waals surface area contributed by atoms with E-state index in [1.807, 2.05) is 0 Å². The van der Waals surface area contributed by atoms with Gasteiger partial charge in [0.05, 0.1) is 7.11 Å². The number of carbonyl (C=O) groups excluding carboxylic acids is 1. The molecule has 0 fully saturated rings. The Morgan fingerprint density at radius 1 is 1.47 bits per heavy atom. The van der Waals surface area contributed by atoms with Crippen LogP contribution < -0.4 is 4.72 Å². The van der Waals surface area contributed by atoms with Crippen molar-refractivity contribution in [2.75, 3.05) is 31.8 Å². The van der Waals surface area contributed by atoms with Crippen molar-refractivity contribution < 1.29 is 23.1 Å². The van der Waals surface area contributed by atoms with Gasteiger partial charge in [-0.15, -0.1) is 0 Å². The van der Waals surface area contributed by atoms with Crippen LogP contribution in [-0.2, 0) is 19.6 Å². The predicted molar refractivity (Wildman–Crippen MR) is 67.4 cm³/mol. The number of ether oxygens (including phenoxy) is 1. The van der Waals surface area contributed by atoms with Crippen LogP contribution in [0.1, 0.15) is 13.3 Å². The van der Waals surface area contributed by atoms with Crippen LogP contribution >= 0.6 is 11.8 Å². The molecule has 0 bridgehead atoms. The Balaban J connectivity index is 3.90.